The first-order valence-corrected chi connectivity index (χ1v) is 48.2. The number of aliphatic hydroxyl groups is 5. The summed E-state index contributed by atoms with van der Waals surface area (Å²) in [6.45, 7) is 9.35. The minimum absolute atomic E-state index is 0.180. The number of hydrogen-bond acceptors (Lipinski definition) is 15. The Morgan fingerprint density at radius 1 is 0.182 bits per heavy atom. The van der Waals surface area contributed by atoms with Crippen molar-refractivity contribution in [1.82, 2.24) is 0 Å². The van der Waals surface area contributed by atoms with Crippen molar-refractivity contribution in [1.29, 1.82) is 0 Å². The van der Waals surface area contributed by atoms with E-state index in [2.05, 4.69) is 34.6 Å². The SMILES string of the molecule is CCCCCCCCCCCCCCCCCC(=O)OC(O)(OC(=O)CCCCCCCCCCCCCCCCC)[C@@](O)(OC(=O)CCCCCCCCCCCCCCCCC)C(O)(OC(=O)CCCCCCCCCCCCCCCCC)[C@](O)(CO)OC(=O)CCCCCCCCCCCCCCCCC. The lowest BCUT2D eigenvalue weighted by Crippen LogP contribution is -2.81. The molecule has 0 bridgehead atoms. The van der Waals surface area contributed by atoms with Gasteiger partial charge in [-0.2, -0.15) is 0 Å². The third kappa shape index (κ3) is 60.6. The van der Waals surface area contributed by atoms with E-state index in [0.29, 0.717) is 32.1 Å². The van der Waals surface area contributed by atoms with E-state index in [1.54, 1.807) is 0 Å². The maximum absolute atomic E-state index is 14.6. The van der Waals surface area contributed by atoms with Gasteiger partial charge in [0, 0.05) is 32.1 Å². The second-order valence-electron chi connectivity index (χ2n) is 33.7. The van der Waals surface area contributed by atoms with Crippen molar-refractivity contribution in [2.75, 3.05) is 6.61 Å². The highest BCUT2D eigenvalue weighted by Gasteiger charge is 2.82. The molecule has 0 amide bonds. The number of hydrogen-bond donors (Lipinski definition) is 5. The van der Waals surface area contributed by atoms with Gasteiger partial charge in [0.05, 0.1) is 0 Å². The number of carbonyl (C=O) groups excluding carboxylic acids is 5. The Balaban J connectivity index is 7.11. The van der Waals surface area contributed by atoms with Crippen molar-refractivity contribution in [3.8, 4) is 0 Å². The zero-order chi connectivity index (χ0) is 80.7. The summed E-state index contributed by atoms with van der Waals surface area (Å²) in [6.07, 6.45) is 77.5. The molecule has 0 aromatic rings. The summed E-state index contributed by atoms with van der Waals surface area (Å²) in [5.74, 6) is -23.7. The van der Waals surface area contributed by atoms with Crippen molar-refractivity contribution in [2.45, 2.75) is 572 Å². The number of rotatable bonds is 89. The Bertz CT molecular complexity index is 1990. The zero-order valence-electron chi connectivity index (χ0n) is 73.1. The normalized spacial score (nSPS) is 13.4. The summed E-state index contributed by atoms with van der Waals surface area (Å²) in [4.78, 5) is 71.9. The van der Waals surface area contributed by atoms with Gasteiger partial charge in [-0.1, -0.05) is 484 Å². The molecule has 0 radical (unpaired) electrons. The van der Waals surface area contributed by atoms with Crippen LogP contribution in [0.5, 0.6) is 0 Å². The van der Waals surface area contributed by atoms with Gasteiger partial charge in [0.2, 0.25) is 0 Å². The van der Waals surface area contributed by atoms with Gasteiger partial charge in [-0.25, -0.2) is 0 Å². The van der Waals surface area contributed by atoms with E-state index in [1.807, 2.05) is 0 Å². The molecule has 15 heteroatoms. The Morgan fingerprint density at radius 2 is 0.309 bits per heavy atom. The van der Waals surface area contributed by atoms with Crippen LogP contribution in [0.25, 0.3) is 0 Å². The first kappa shape index (κ1) is 107. The van der Waals surface area contributed by atoms with Crippen LogP contribution in [0.1, 0.15) is 548 Å². The van der Waals surface area contributed by atoms with Crippen LogP contribution in [-0.4, -0.2) is 85.3 Å². The first-order valence-electron chi connectivity index (χ1n) is 48.2. The smallest absolute Gasteiger partial charge is 0.423 e. The fourth-order valence-electron chi connectivity index (χ4n) is 15.4. The van der Waals surface area contributed by atoms with Crippen LogP contribution in [0.3, 0.4) is 0 Å². The third-order valence-electron chi connectivity index (χ3n) is 22.9. The lowest BCUT2D eigenvalue weighted by atomic mass is 9.92. The second kappa shape index (κ2) is 78.7. The van der Waals surface area contributed by atoms with Gasteiger partial charge in [0.1, 0.15) is 6.61 Å². The average molecular weight is 1560 g/mol. The van der Waals surface area contributed by atoms with Gasteiger partial charge >= 0.3 is 53.2 Å². The molecule has 0 spiro atoms. The molecule has 0 aliphatic carbocycles. The van der Waals surface area contributed by atoms with Crippen molar-refractivity contribution in [3.63, 3.8) is 0 Å². The van der Waals surface area contributed by atoms with Gasteiger partial charge in [0.15, 0.2) is 0 Å². The summed E-state index contributed by atoms with van der Waals surface area (Å²) in [5.41, 5.74) is 0. The molecule has 0 fully saturated rings. The van der Waals surface area contributed by atoms with E-state index in [0.717, 1.165) is 154 Å². The zero-order valence-corrected chi connectivity index (χ0v) is 73.1. The molecule has 110 heavy (non-hydrogen) atoms. The highest BCUT2D eigenvalue weighted by Crippen LogP contribution is 2.46. The third-order valence-corrected chi connectivity index (χ3v) is 22.9. The molecule has 1 unspecified atom stereocenters. The van der Waals surface area contributed by atoms with Gasteiger partial charge in [-0.15, -0.1) is 0 Å². The Labute approximate surface area is 677 Å². The molecule has 0 saturated carbocycles. The van der Waals surface area contributed by atoms with E-state index in [4.69, 9.17) is 23.7 Å². The highest BCUT2D eigenvalue weighted by molar-refractivity contribution is 5.74. The Kier molecular flexibility index (Phi) is 76.6. The van der Waals surface area contributed by atoms with Gasteiger partial charge in [-0.05, 0) is 32.1 Å². The molecule has 0 aromatic heterocycles. The summed E-state index contributed by atoms with van der Waals surface area (Å²) in [7, 11) is 0. The summed E-state index contributed by atoms with van der Waals surface area (Å²) < 4.78 is 28.2. The lowest BCUT2D eigenvalue weighted by Gasteiger charge is -2.50. The van der Waals surface area contributed by atoms with Crippen LogP contribution in [0.15, 0.2) is 0 Å². The standard InChI is InChI=1S/C95H182O15/c1-6-11-16-21-26-31-36-41-46-51-56-61-66-71-76-81-87(97)106-92(102,86-96)93(103,107-88(98)82-77-72-67-62-57-52-47-42-37-32-27-22-17-12-7-2)94(104,108-89(99)83-78-73-68-63-58-53-48-43-38-33-28-23-18-13-8-3)95(105,109-90(100)84-79-74-69-64-59-54-49-44-39-34-29-24-19-14-9-4)110-91(101)85-80-75-70-65-60-55-50-45-40-35-30-25-20-15-10-5/h96,102-105H,6-86H2,1-5H3/t92-,93?,94-/m0/s1. The second-order valence-corrected chi connectivity index (χ2v) is 33.7. The number of carbonyl (C=O) groups is 5. The monoisotopic (exact) mass is 1560 g/mol. The van der Waals surface area contributed by atoms with E-state index < -0.39 is 85.5 Å². The van der Waals surface area contributed by atoms with Crippen LogP contribution in [0, 0.1) is 0 Å². The first-order chi connectivity index (χ1) is 53.6. The summed E-state index contributed by atoms with van der Waals surface area (Å²) >= 11 is 0. The molecule has 3 atom stereocenters. The maximum Gasteiger partial charge on any atom is 0.451 e. The van der Waals surface area contributed by atoms with E-state index in [1.165, 1.54) is 263 Å². The van der Waals surface area contributed by atoms with Gasteiger partial charge < -0.3 is 49.2 Å². The minimum atomic E-state index is -4.53. The molecule has 0 aliphatic rings. The van der Waals surface area contributed by atoms with Crippen LogP contribution < -0.4 is 0 Å². The maximum atomic E-state index is 14.6. The van der Waals surface area contributed by atoms with E-state index in [-0.39, 0.29) is 38.5 Å². The Hall–Kier alpha value is -2.85. The minimum Gasteiger partial charge on any atom is -0.423 e. The van der Waals surface area contributed by atoms with Crippen molar-refractivity contribution in [3.05, 3.63) is 0 Å². The van der Waals surface area contributed by atoms with Crippen LogP contribution in [-0.2, 0) is 47.7 Å². The molecule has 0 heterocycles. The van der Waals surface area contributed by atoms with Crippen LogP contribution >= 0.6 is 0 Å². The van der Waals surface area contributed by atoms with E-state index in [9.17, 15) is 49.5 Å². The molecule has 15 nitrogen and oxygen atoms in total. The average Bonchev–Trinajstić information content (AvgIpc) is 0.710. The number of ether oxygens (including phenoxy) is 5. The summed E-state index contributed by atoms with van der Waals surface area (Å²) in [6, 6.07) is 0. The number of esters is 5. The molecule has 0 saturated heterocycles. The quantitative estimate of drug-likeness (QED) is 0.0165. The molecule has 5 N–H and O–H groups in total. The number of unbranched alkanes of at least 4 members (excludes halogenated alkanes) is 70. The fourth-order valence-corrected chi connectivity index (χ4v) is 15.4. The molecule has 0 rings (SSSR count). The molecule has 0 aliphatic heterocycles. The molecular weight excluding hydrogens is 1380 g/mol. The van der Waals surface area contributed by atoms with Gasteiger partial charge in [0.25, 0.3) is 0 Å². The highest BCUT2D eigenvalue weighted by atomic mass is 16.9. The van der Waals surface area contributed by atoms with Crippen molar-refractivity contribution >= 4 is 29.8 Å². The predicted octanol–water partition coefficient (Wildman–Crippen LogP) is 27.7. The molecule has 652 valence electrons. The fraction of sp³-hybridized carbons (Fsp3) is 0.947. The topological polar surface area (TPSA) is 233 Å². The molecular formula is C95H182O15. The largest absolute Gasteiger partial charge is 0.451 e. The number of aliphatic hydroxyl groups excluding tert-OH is 1. The van der Waals surface area contributed by atoms with Crippen molar-refractivity contribution in [2.24, 2.45) is 0 Å². The summed E-state index contributed by atoms with van der Waals surface area (Å²) in [5, 5.41) is 64.0. The van der Waals surface area contributed by atoms with Crippen LogP contribution in [0.4, 0.5) is 0 Å². The lowest BCUT2D eigenvalue weighted by molar-refractivity contribution is -0.537. The van der Waals surface area contributed by atoms with Crippen LogP contribution in [0.2, 0.25) is 0 Å². The van der Waals surface area contributed by atoms with Gasteiger partial charge in [-0.3, -0.25) is 24.0 Å². The van der Waals surface area contributed by atoms with E-state index >= 15 is 0 Å². The molecule has 0 aromatic carbocycles. The van der Waals surface area contributed by atoms with Crippen molar-refractivity contribution < 1.29 is 73.2 Å². The Morgan fingerprint density at radius 3 is 0.464 bits per heavy atom. The predicted molar refractivity (Wildman–Crippen MR) is 455 cm³/mol.